The van der Waals surface area contributed by atoms with Gasteiger partial charge in [0.15, 0.2) is 0 Å². The second-order valence-electron chi connectivity index (χ2n) is 6.89. The highest BCUT2D eigenvalue weighted by molar-refractivity contribution is 5.37. The Morgan fingerprint density at radius 1 is 1.09 bits per heavy atom. The molecule has 0 N–H and O–H groups in total. The van der Waals surface area contributed by atoms with Crippen LogP contribution >= 0.6 is 0 Å². The summed E-state index contributed by atoms with van der Waals surface area (Å²) in [6.45, 7) is 17.5. The third kappa shape index (κ3) is 8.21. The summed E-state index contributed by atoms with van der Waals surface area (Å²) in [7, 11) is 0. The van der Waals surface area contributed by atoms with E-state index in [2.05, 4.69) is 78.0 Å². The Hall–Kier alpha value is -1.30. The van der Waals surface area contributed by atoms with Crippen LogP contribution < -0.4 is 0 Å². The van der Waals surface area contributed by atoms with Crippen LogP contribution in [0.5, 0.6) is 0 Å². The van der Waals surface area contributed by atoms with Gasteiger partial charge in [0.25, 0.3) is 0 Å². The molecule has 0 atom stereocenters. The smallest absolute Gasteiger partial charge is 0.0104 e. The lowest BCUT2D eigenvalue weighted by Crippen LogP contribution is -2.19. The average Bonchev–Trinajstić information content (AvgIpc) is 2.48. The van der Waals surface area contributed by atoms with Crippen molar-refractivity contribution in [3.05, 3.63) is 58.7 Å². The van der Waals surface area contributed by atoms with Gasteiger partial charge in [-0.2, -0.15) is 0 Å². The van der Waals surface area contributed by atoms with Crippen LogP contribution in [0, 0.1) is 5.41 Å². The van der Waals surface area contributed by atoms with Crippen LogP contribution in [0.15, 0.2) is 58.7 Å². The van der Waals surface area contributed by atoms with Crippen LogP contribution in [0.4, 0.5) is 0 Å². The van der Waals surface area contributed by atoms with E-state index < -0.39 is 0 Å². The Morgan fingerprint density at radius 3 is 2.30 bits per heavy atom. The van der Waals surface area contributed by atoms with Crippen molar-refractivity contribution in [1.82, 2.24) is 0 Å². The second kappa shape index (κ2) is 11.3. The monoisotopic (exact) mass is 314 g/mol. The molecule has 0 aromatic rings. The molecule has 0 spiro atoms. The predicted octanol–water partition coefficient (Wildman–Crippen LogP) is 7.95. The van der Waals surface area contributed by atoms with Gasteiger partial charge in [-0.25, -0.2) is 0 Å². The summed E-state index contributed by atoms with van der Waals surface area (Å²) in [6.07, 6.45) is 18.3. The molecule has 0 bridgehead atoms. The Morgan fingerprint density at radius 2 is 1.74 bits per heavy atom. The van der Waals surface area contributed by atoms with Crippen molar-refractivity contribution in [2.75, 3.05) is 0 Å². The van der Waals surface area contributed by atoms with Gasteiger partial charge in [0, 0.05) is 0 Å². The third-order valence-electron chi connectivity index (χ3n) is 4.30. The molecule has 0 saturated carbocycles. The van der Waals surface area contributed by atoms with Gasteiger partial charge in [-0.15, -0.1) is 0 Å². The quantitative estimate of drug-likeness (QED) is 0.451. The van der Waals surface area contributed by atoms with Gasteiger partial charge in [0.2, 0.25) is 0 Å². The number of rotatable bonds is 5. The summed E-state index contributed by atoms with van der Waals surface area (Å²) in [5, 5.41) is 0. The summed E-state index contributed by atoms with van der Waals surface area (Å²) in [5.41, 5.74) is 6.06. The van der Waals surface area contributed by atoms with Crippen molar-refractivity contribution in [3.8, 4) is 0 Å². The molecule has 0 aromatic carbocycles. The molecule has 1 rings (SSSR count). The zero-order valence-corrected chi connectivity index (χ0v) is 16.8. The maximum atomic E-state index is 2.37. The molecule has 23 heavy (non-hydrogen) atoms. The van der Waals surface area contributed by atoms with Crippen LogP contribution in [-0.2, 0) is 0 Å². The Balaban J connectivity index is 0.00000232. The predicted molar refractivity (Wildman–Crippen MR) is 108 cm³/mol. The lowest BCUT2D eigenvalue weighted by Gasteiger charge is -2.32. The standard InChI is InChI=1S/C21H32.C2H6/c1-7-10-17(2)11-8-12-18(3)14-15-20-19(4)13-9-16-21(20,5)6;1-2/h8,10-12,14-15H,7,9,13,16H2,1-6H3;1-2H3/b11-8+,15-14+,17-10+,18-12+;. The maximum Gasteiger partial charge on any atom is -0.0104 e. The summed E-state index contributed by atoms with van der Waals surface area (Å²) in [4.78, 5) is 0. The van der Waals surface area contributed by atoms with Crippen LogP contribution in [-0.4, -0.2) is 0 Å². The van der Waals surface area contributed by atoms with Crippen molar-refractivity contribution in [2.24, 2.45) is 5.41 Å². The fourth-order valence-electron chi connectivity index (χ4n) is 3.02. The molecule has 1 aliphatic carbocycles. The zero-order valence-electron chi connectivity index (χ0n) is 16.8. The van der Waals surface area contributed by atoms with E-state index in [-0.39, 0.29) is 0 Å². The first-order valence-electron chi connectivity index (χ1n) is 9.27. The minimum atomic E-state index is 0.329. The van der Waals surface area contributed by atoms with E-state index in [1.54, 1.807) is 5.57 Å². The third-order valence-corrected chi connectivity index (χ3v) is 4.30. The molecule has 0 unspecified atom stereocenters. The molecule has 0 heterocycles. The van der Waals surface area contributed by atoms with Crippen LogP contribution in [0.25, 0.3) is 0 Å². The summed E-state index contributed by atoms with van der Waals surface area (Å²) in [6, 6.07) is 0. The lowest BCUT2D eigenvalue weighted by atomic mass is 9.72. The van der Waals surface area contributed by atoms with E-state index in [0.717, 1.165) is 6.42 Å². The Kier molecular flexibility index (Phi) is 10.6. The number of hydrogen-bond donors (Lipinski definition) is 0. The molecule has 0 amide bonds. The molecule has 0 nitrogen and oxygen atoms in total. The minimum absolute atomic E-state index is 0.329. The first-order chi connectivity index (χ1) is 10.9. The van der Waals surface area contributed by atoms with Gasteiger partial charge in [-0.05, 0) is 57.4 Å². The molecular formula is C23H38. The molecule has 130 valence electrons. The van der Waals surface area contributed by atoms with Crippen molar-refractivity contribution in [2.45, 2.75) is 81.1 Å². The number of hydrogen-bond acceptors (Lipinski definition) is 0. The molecule has 0 saturated heterocycles. The first kappa shape index (κ1) is 21.7. The lowest BCUT2D eigenvalue weighted by molar-refractivity contribution is 0.377. The van der Waals surface area contributed by atoms with E-state index in [9.17, 15) is 0 Å². The van der Waals surface area contributed by atoms with E-state index in [0.29, 0.717) is 5.41 Å². The zero-order chi connectivity index (χ0) is 17.9. The van der Waals surface area contributed by atoms with Gasteiger partial charge in [0.1, 0.15) is 0 Å². The average molecular weight is 315 g/mol. The fraction of sp³-hybridized carbons (Fsp3) is 0.565. The SMILES string of the molecule is CC.CC/C=C(C)/C=C/C=C(C)/C=C/C1=C(C)CCCC1(C)C. The van der Waals surface area contributed by atoms with Gasteiger partial charge >= 0.3 is 0 Å². The summed E-state index contributed by atoms with van der Waals surface area (Å²) in [5.74, 6) is 0. The van der Waals surface area contributed by atoms with Gasteiger partial charge in [-0.3, -0.25) is 0 Å². The highest BCUT2D eigenvalue weighted by Gasteiger charge is 2.26. The summed E-state index contributed by atoms with van der Waals surface area (Å²) < 4.78 is 0. The van der Waals surface area contributed by atoms with Crippen LogP contribution in [0.1, 0.15) is 81.1 Å². The fourth-order valence-corrected chi connectivity index (χ4v) is 3.02. The first-order valence-corrected chi connectivity index (χ1v) is 9.27. The number of allylic oxidation sites excluding steroid dienone is 10. The molecule has 0 aliphatic heterocycles. The van der Waals surface area contributed by atoms with E-state index in [1.807, 2.05) is 13.8 Å². The Labute approximate surface area is 145 Å². The molecular weight excluding hydrogens is 276 g/mol. The maximum absolute atomic E-state index is 2.37. The topological polar surface area (TPSA) is 0 Å². The van der Waals surface area contributed by atoms with Crippen molar-refractivity contribution < 1.29 is 0 Å². The van der Waals surface area contributed by atoms with E-state index in [4.69, 9.17) is 0 Å². The van der Waals surface area contributed by atoms with Crippen molar-refractivity contribution in [1.29, 1.82) is 0 Å². The minimum Gasteiger partial charge on any atom is -0.0819 e. The highest BCUT2D eigenvalue weighted by atomic mass is 14.3. The largest absolute Gasteiger partial charge is 0.0819 e. The van der Waals surface area contributed by atoms with E-state index in [1.165, 1.54) is 36.0 Å². The van der Waals surface area contributed by atoms with E-state index >= 15 is 0 Å². The van der Waals surface area contributed by atoms with Crippen LogP contribution in [0.2, 0.25) is 0 Å². The molecule has 0 radical (unpaired) electrons. The van der Waals surface area contributed by atoms with Gasteiger partial charge < -0.3 is 0 Å². The molecule has 0 heteroatoms. The summed E-state index contributed by atoms with van der Waals surface area (Å²) >= 11 is 0. The van der Waals surface area contributed by atoms with Gasteiger partial charge in [-0.1, -0.05) is 87.8 Å². The Bertz CT molecular complexity index is 490. The molecule has 0 aromatic heterocycles. The van der Waals surface area contributed by atoms with Gasteiger partial charge in [0.05, 0.1) is 0 Å². The van der Waals surface area contributed by atoms with Crippen molar-refractivity contribution >= 4 is 0 Å². The van der Waals surface area contributed by atoms with Crippen LogP contribution in [0.3, 0.4) is 0 Å². The molecule has 0 fully saturated rings. The second-order valence-corrected chi connectivity index (χ2v) is 6.89. The normalized spacial score (nSPS) is 19.3. The van der Waals surface area contributed by atoms with Crippen molar-refractivity contribution in [3.63, 3.8) is 0 Å². The highest BCUT2D eigenvalue weighted by Crippen LogP contribution is 2.40. The molecule has 1 aliphatic rings.